The number of anilines is 1. The van der Waals surface area contributed by atoms with Crippen LogP contribution in [-0.4, -0.2) is 29.9 Å². The van der Waals surface area contributed by atoms with E-state index in [0.717, 1.165) is 32.4 Å². The lowest BCUT2D eigenvalue weighted by Crippen LogP contribution is -2.43. The predicted molar refractivity (Wildman–Crippen MR) is 116 cm³/mol. The fourth-order valence-corrected chi connectivity index (χ4v) is 4.15. The van der Waals surface area contributed by atoms with Crippen molar-refractivity contribution in [3.63, 3.8) is 0 Å². The van der Waals surface area contributed by atoms with Crippen LogP contribution in [-0.2, 0) is 4.79 Å². The molecule has 30 heavy (non-hydrogen) atoms. The summed E-state index contributed by atoms with van der Waals surface area (Å²) in [6.07, 6.45) is 3.23. The maximum Gasteiger partial charge on any atom is 0.336 e. The van der Waals surface area contributed by atoms with Gasteiger partial charge in [0.15, 0.2) is 0 Å². The van der Waals surface area contributed by atoms with Crippen molar-refractivity contribution in [1.29, 1.82) is 0 Å². The van der Waals surface area contributed by atoms with Crippen LogP contribution in [0.3, 0.4) is 0 Å². The smallest absolute Gasteiger partial charge is 0.336 e. The number of amides is 1. The van der Waals surface area contributed by atoms with Gasteiger partial charge in [0.25, 0.3) is 0 Å². The van der Waals surface area contributed by atoms with Crippen LogP contribution in [0.5, 0.6) is 0 Å². The second kappa shape index (κ2) is 8.48. The van der Waals surface area contributed by atoms with E-state index in [2.05, 4.69) is 5.32 Å². The van der Waals surface area contributed by atoms with E-state index in [1.165, 1.54) is 24.3 Å². The van der Waals surface area contributed by atoms with Gasteiger partial charge >= 0.3 is 5.63 Å². The van der Waals surface area contributed by atoms with Crippen LogP contribution in [0.15, 0.2) is 51.7 Å². The molecule has 0 aliphatic carbocycles. The quantitative estimate of drug-likeness (QED) is 0.589. The van der Waals surface area contributed by atoms with E-state index in [-0.39, 0.29) is 10.9 Å². The van der Waals surface area contributed by atoms with Crippen LogP contribution < -0.4 is 10.9 Å². The number of benzene rings is 2. The van der Waals surface area contributed by atoms with Gasteiger partial charge < -0.3 is 14.6 Å². The number of nitrogens with zero attached hydrogens (tertiary/aromatic N) is 1. The fourth-order valence-electron chi connectivity index (χ4n) is 3.88. The van der Waals surface area contributed by atoms with Crippen LogP contribution in [0.2, 0.25) is 5.02 Å². The number of piperidine rings is 1. The summed E-state index contributed by atoms with van der Waals surface area (Å²) >= 11 is 6.20. The Morgan fingerprint density at radius 3 is 2.60 bits per heavy atom. The standard InChI is InChI=1S/C23H22ClFN2O3/c1-14(23(29)27-9-3-2-4-10-27)26-16-6-8-18-19(13-22(28)30-21(18)12-16)17-7-5-15(25)11-20(17)24/h5-8,11-14,26H,2-4,9-10H2,1H3/t14-/m1/s1. The zero-order chi connectivity index (χ0) is 21.3. The molecular weight excluding hydrogens is 407 g/mol. The number of carbonyl (C=O) groups is 1. The molecule has 2 aromatic carbocycles. The first-order chi connectivity index (χ1) is 14.4. The van der Waals surface area contributed by atoms with Gasteiger partial charge in [0.1, 0.15) is 17.4 Å². The van der Waals surface area contributed by atoms with E-state index >= 15 is 0 Å². The zero-order valence-electron chi connectivity index (χ0n) is 16.6. The van der Waals surface area contributed by atoms with Gasteiger partial charge in [-0.2, -0.15) is 0 Å². The average Bonchev–Trinajstić information content (AvgIpc) is 2.73. The summed E-state index contributed by atoms with van der Waals surface area (Å²) in [6, 6.07) is 10.3. The van der Waals surface area contributed by atoms with Crippen LogP contribution >= 0.6 is 11.6 Å². The Morgan fingerprint density at radius 2 is 1.87 bits per heavy atom. The third-order valence-electron chi connectivity index (χ3n) is 5.39. The molecule has 1 fully saturated rings. The van der Waals surface area contributed by atoms with E-state index < -0.39 is 17.5 Å². The van der Waals surface area contributed by atoms with Gasteiger partial charge in [0, 0.05) is 47.4 Å². The molecule has 1 aromatic heterocycles. The molecule has 0 radical (unpaired) electrons. The number of fused-ring (bicyclic) bond motifs is 1. The Kier molecular flexibility index (Phi) is 5.77. The SMILES string of the molecule is C[C@@H](Nc1ccc2c(-c3ccc(F)cc3Cl)cc(=O)oc2c1)C(=O)N1CCCCC1. The van der Waals surface area contributed by atoms with Gasteiger partial charge in [-0.25, -0.2) is 9.18 Å². The van der Waals surface area contributed by atoms with Crippen LogP contribution in [0.1, 0.15) is 26.2 Å². The molecule has 156 valence electrons. The summed E-state index contributed by atoms with van der Waals surface area (Å²) in [4.78, 5) is 26.7. The molecule has 5 nitrogen and oxygen atoms in total. The molecule has 2 heterocycles. The molecule has 3 aromatic rings. The first-order valence-electron chi connectivity index (χ1n) is 10.0. The highest BCUT2D eigenvalue weighted by molar-refractivity contribution is 6.33. The normalized spacial score (nSPS) is 15.2. The first kappa shape index (κ1) is 20.4. The van der Waals surface area contributed by atoms with Crippen molar-refractivity contribution in [1.82, 2.24) is 4.90 Å². The summed E-state index contributed by atoms with van der Waals surface area (Å²) in [5, 5.41) is 4.08. The van der Waals surface area contributed by atoms with E-state index in [1.807, 2.05) is 17.9 Å². The van der Waals surface area contributed by atoms with Crippen molar-refractivity contribution in [2.75, 3.05) is 18.4 Å². The van der Waals surface area contributed by atoms with Crippen molar-refractivity contribution in [3.8, 4) is 11.1 Å². The van der Waals surface area contributed by atoms with Crippen molar-refractivity contribution in [2.24, 2.45) is 0 Å². The largest absolute Gasteiger partial charge is 0.423 e. The Bertz CT molecular complexity index is 1150. The molecule has 4 rings (SSSR count). The van der Waals surface area contributed by atoms with Crippen LogP contribution in [0.25, 0.3) is 22.1 Å². The number of hydrogen-bond acceptors (Lipinski definition) is 4. The number of likely N-dealkylation sites (tertiary alicyclic amines) is 1. The molecule has 0 bridgehead atoms. The van der Waals surface area contributed by atoms with Crippen molar-refractivity contribution in [3.05, 3.63) is 63.7 Å². The highest BCUT2D eigenvalue weighted by Crippen LogP contribution is 2.34. The number of carbonyl (C=O) groups excluding carboxylic acids is 1. The third kappa shape index (κ3) is 4.19. The third-order valence-corrected chi connectivity index (χ3v) is 5.70. The zero-order valence-corrected chi connectivity index (χ0v) is 17.3. The predicted octanol–water partition coefficient (Wildman–Crippen LogP) is 5.07. The Labute approximate surface area is 178 Å². The van der Waals surface area contributed by atoms with E-state index in [9.17, 15) is 14.0 Å². The van der Waals surface area contributed by atoms with Crippen LogP contribution in [0, 0.1) is 5.82 Å². The van der Waals surface area contributed by atoms with Gasteiger partial charge in [-0.1, -0.05) is 11.6 Å². The number of rotatable bonds is 4. The lowest BCUT2D eigenvalue weighted by Gasteiger charge is -2.29. The van der Waals surface area contributed by atoms with E-state index in [1.54, 1.807) is 12.1 Å². The average molecular weight is 429 g/mol. The minimum absolute atomic E-state index is 0.0584. The maximum atomic E-state index is 13.4. The lowest BCUT2D eigenvalue weighted by molar-refractivity contribution is -0.132. The molecule has 0 saturated carbocycles. The Hall–Kier alpha value is -2.86. The summed E-state index contributed by atoms with van der Waals surface area (Å²) in [5.74, 6) is -0.391. The Balaban J connectivity index is 1.64. The maximum absolute atomic E-state index is 13.4. The second-order valence-electron chi connectivity index (χ2n) is 7.57. The fraction of sp³-hybridized carbons (Fsp3) is 0.304. The number of halogens is 2. The lowest BCUT2D eigenvalue weighted by atomic mass is 10.0. The molecule has 1 N–H and O–H groups in total. The summed E-state index contributed by atoms with van der Waals surface area (Å²) in [7, 11) is 0. The number of nitrogens with one attached hydrogen (secondary N) is 1. The summed E-state index contributed by atoms with van der Waals surface area (Å²) in [5.41, 5.74) is 1.61. The topological polar surface area (TPSA) is 62.6 Å². The highest BCUT2D eigenvalue weighted by Gasteiger charge is 2.22. The molecule has 1 amide bonds. The second-order valence-corrected chi connectivity index (χ2v) is 7.97. The number of hydrogen-bond donors (Lipinski definition) is 1. The monoisotopic (exact) mass is 428 g/mol. The van der Waals surface area contributed by atoms with Gasteiger partial charge in [0.05, 0.1) is 5.02 Å². The van der Waals surface area contributed by atoms with Gasteiger partial charge in [-0.3, -0.25) is 4.79 Å². The van der Waals surface area contributed by atoms with E-state index in [0.29, 0.717) is 27.8 Å². The molecule has 1 aliphatic rings. The molecule has 0 unspecified atom stereocenters. The molecule has 1 saturated heterocycles. The van der Waals surface area contributed by atoms with Gasteiger partial charge in [-0.15, -0.1) is 0 Å². The molecule has 7 heteroatoms. The Morgan fingerprint density at radius 1 is 1.10 bits per heavy atom. The van der Waals surface area contributed by atoms with Gasteiger partial charge in [0.2, 0.25) is 5.91 Å². The molecule has 1 aliphatic heterocycles. The summed E-state index contributed by atoms with van der Waals surface area (Å²) in [6.45, 7) is 3.41. The van der Waals surface area contributed by atoms with Crippen molar-refractivity contribution in [2.45, 2.75) is 32.2 Å². The highest BCUT2D eigenvalue weighted by atomic mass is 35.5. The van der Waals surface area contributed by atoms with Crippen molar-refractivity contribution >= 4 is 34.2 Å². The van der Waals surface area contributed by atoms with E-state index in [4.69, 9.17) is 16.0 Å². The van der Waals surface area contributed by atoms with Crippen molar-refractivity contribution < 1.29 is 13.6 Å². The van der Waals surface area contributed by atoms with Crippen LogP contribution in [0.4, 0.5) is 10.1 Å². The molecular formula is C23H22ClFN2O3. The first-order valence-corrected chi connectivity index (χ1v) is 10.4. The minimum atomic E-state index is -0.535. The minimum Gasteiger partial charge on any atom is -0.423 e. The van der Waals surface area contributed by atoms with Gasteiger partial charge in [-0.05, 0) is 56.5 Å². The molecule has 0 spiro atoms. The molecule has 1 atom stereocenters. The summed E-state index contributed by atoms with van der Waals surface area (Å²) < 4.78 is 18.8.